The van der Waals surface area contributed by atoms with E-state index in [4.69, 9.17) is 9.47 Å². The molecule has 2 atom stereocenters. The van der Waals surface area contributed by atoms with Gasteiger partial charge < -0.3 is 25.2 Å². The Morgan fingerprint density at radius 1 is 1.48 bits per heavy atom. The van der Waals surface area contributed by atoms with Crippen molar-refractivity contribution in [2.75, 3.05) is 13.7 Å². The van der Waals surface area contributed by atoms with Crippen molar-refractivity contribution in [1.29, 1.82) is 0 Å². The molecule has 1 saturated heterocycles. The van der Waals surface area contributed by atoms with Gasteiger partial charge in [-0.1, -0.05) is 25.3 Å². The third-order valence-electron chi connectivity index (χ3n) is 3.43. The first-order valence-corrected chi connectivity index (χ1v) is 6.88. The van der Waals surface area contributed by atoms with Gasteiger partial charge in [0.2, 0.25) is 0 Å². The molecule has 0 saturated carbocycles. The number of methoxy groups -OCH3 is 1. The second-order valence-electron chi connectivity index (χ2n) is 4.93. The number of hydrogen-bond acceptors (Lipinski definition) is 5. The monoisotopic (exact) mass is 318 g/mol. The predicted molar refractivity (Wildman–Crippen MR) is 82.9 cm³/mol. The zero-order valence-electron chi connectivity index (χ0n) is 12.7. The van der Waals surface area contributed by atoms with Gasteiger partial charge in [0.1, 0.15) is 12.5 Å². The van der Waals surface area contributed by atoms with Crippen LogP contribution in [0.3, 0.4) is 0 Å². The zero-order valence-corrected chi connectivity index (χ0v) is 12.7. The van der Waals surface area contributed by atoms with E-state index in [1.54, 1.807) is 12.1 Å². The van der Waals surface area contributed by atoms with Gasteiger partial charge in [-0.2, -0.15) is 0 Å². The van der Waals surface area contributed by atoms with Crippen LogP contribution in [-0.2, 0) is 9.53 Å². The van der Waals surface area contributed by atoms with E-state index in [9.17, 15) is 14.7 Å². The van der Waals surface area contributed by atoms with Gasteiger partial charge in [0.25, 0.3) is 0 Å². The molecule has 0 unspecified atom stereocenters. The average molecular weight is 318 g/mol. The van der Waals surface area contributed by atoms with E-state index >= 15 is 0 Å². The molecule has 1 aliphatic rings. The molecule has 1 aromatic rings. The van der Waals surface area contributed by atoms with Gasteiger partial charge >= 0.3 is 12.0 Å². The summed E-state index contributed by atoms with van der Waals surface area (Å²) in [6, 6.07) is 3.40. The highest BCUT2D eigenvalue weighted by Crippen LogP contribution is 2.35. The summed E-state index contributed by atoms with van der Waals surface area (Å²) in [6.45, 7) is 7.28. The molecule has 23 heavy (non-hydrogen) atoms. The van der Waals surface area contributed by atoms with Crippen LogP contribution in [0.2, 0.25) is 0 Å². The number of urea groups is 1. The number of rotatable bonds is 5. The molecule has 0 radical (unpaired) electrons. The molecule has 122 valence electrons. The first-order valence-electron chi connectivity index (χ1n) is 6.88. The maximum absolute atomic E-state index is 12.3. The van der Waals surface area contributed by atoms with Crippen molar-refractivity contribution in [1.82, 2.24) is 10.6 Å². The van der Waals surface area contributed by atoms with Crippen LogP contribution in [0.1, 0.15) is 11.6 Å². The van der Waals surface area contributed by atoms with Crippen LogP contribution in [0.5, 0.6) is 11.5 Å². The average Bonchev–Trinajstić information content (AvgIpc) is 2.52. The minimum atomic E-state index is -0.818. The summed E-state index contributed by atoms with van der Waals surface area (Å²) in [5.41, 5.74) is 0.816. The Bertz CT molecular complexity index is 656. The van der Waals surface area contributed by atoms with Crippen LogP contribution in [0.4, 0.5) is 4.79 Å². The van der Waals surface area contributed by atoms with E-state index in [-0.39, 0.29) is 23.8 Å². The Morgan fingerprint density at radius 2 is 2.22 bits per heavy atom. The largest absolute Gasteiger partial charge is 0.504 e. The van der Waals surface area contributed by atoms with Crippen molar-refractivity contribution in [2.24, 2.45) is 5.92 Å². The Labute approximate surface area is 133 Å². The van der Waals surface area contributed by atoms with Crippen LogP contribution in [0.25, 0.3) is 0 Å². The topological polar surface area (TPSA) is 96.9 Å². The fourth-order valence-electron chi connectivity index (χ4n) is 2.36. The molecule has 7 heteroatoms. The highest BCUT2D eigenvalue weighted by molar-refractivity contribution is 5.85. The third kappa shape index (κ3) is 3.45. The number of esters is 1. The minimum absolute atomic E-state index is 0.0406. The number of aromatic hydroxyl groups is 1. The maximum atomic E-state index is 12.3. The van der Waals surface area contributed by atoms with Crippen LogP contribution in [0, 0.1) is 5.92 Å². The second-order valence-corrected chi connectivity index (χ2v) is 4.93. The number of hydrogen-bond donors (Lipinski definition) is 3. The second kappa shape index (κ2) is 6.87. The summed E-state index contributed by atoms with van der Waals surface area (Å²) >= 11 is 0. The van der Waals surface area contributed by atoms with Gasteiger partial charge in [-0.15, -0.1) is 0 Å². The van der Waals surface area contributed by atoms with Crippen molar-refractivity contribution in [3.05, 3.63) is 48.7 Å². The molecule has 1 fully saturated rings. The lowest BCUT2D eigenvalue weighted by Gasteiger charge is -2.33. The first-order chi connectivity index (χ1) is 11.0. The van der Waals surface area contributed by atoms with Crippen LogP contribution >= 0.6 is 0 Å². The number of amides is 2. The summed E-state index contributed by atoms with van der Waals surface area (Å²) in [7, 11) is 1.41. The van der Waals surface area contributed by atoms with E-state index in [0.717, 1.165) is 0 Å². The SMILES string of the molecule is C=CCOC(=O)[C@@H]1C(=C)NC(=O)N[C@H]1c1ccc(O)c(OC)c1. The molecule has 3 N–H and O–H groups in total. The quantitative estimate of drug-likeness (QED) is 0.566. The highest BCUT2D eigenvalue weighted by atomic mass is 16.5. The van der Waals surface area contributed by atoms with Gasteiger partial charge in [-0.3, -0.25) is 4.79 Å². The van der Waals surface area contributed by atoms with Crippen LogP contribution < -0.4 is 15.4 Å². The number of phenols is 1. The molecule has 0 spiro atoms. The maximum Gasteiger partial charge on any atom is 0.319 e. The molecule has 1 heterocycles. The highest BCUT2D eigenvalue weighted by Gasteiger charge is 2.39. The van der Waals surface area contributed by atoms with E-state index < -0.39 is 24.0 Å². The summed E-state index contributed by atoms with van der Waals surface area (Å²) in [5.74, 6) is -1.17. The van der Waals surface area contributed by atoms with Crippen LogP contribution in [-0.4, -0.2) is 30.8 Å². The van der Waals surface area contributed by atoms with Gasteiger partial charge in [0.15, 0.2) is 11.5 Å². The standard InChI is InChI=1S/C16H18N2O5/c1-4-7-23-15(20)13-9(2)17-16(21)18-14(13)10-5-6-11(19)12(8-10)22-3/h4-6,8,13-14,19H,1-2,7H2,3H3,(H2,17,18,21)/t13-,14+/m1/s1. The smallest absolute Gasteiger partial charge is 0.319 e. The molecule has 0 aliphatic carbocycles. The Morgan fingerprint density at radius 3 is 2.87 bits per heavy atom. The predicted octanol–water partition coefficient (Wildman–Crippen LogP) is 1.61. The molecular weight excluding hydrogens is 300 g/mol. The van der Waals surface area contributed by atoms with E-state index in [0.29, 0.717) is 5.56 Å². The van der Waals surface area contributed by atoms with Gasteiger partial charge in [0, 0.05) is 5.70 Å². The molecule has 0 bridgehead atoms. The lowest BCUT2D eigenvalue weighted by molar-refractivity contribution is -0.147. The summed E-state index contributed by atoms with van der Waals surface area (Å²) < 4.78 is 10.1. The molecule has 1 aromatic carbocycles. The minimum Gasteiger partial charge on any atom is -0.504 e. The van der Waals surface area contributed by atoms with Gasteiger partial charge in [-0.05, 0) is 17.7 Å². The molecule has 1 aliphatic heterocycles. The fraction of sp³-hybridized carbons (Fsp3) is 0.250. The number of carbonyl (C=O) groups excluding carboxylic acids is 2. The Kier molecular flexibility index (Phi) is 4.90. The zero-order chi connectivity index (χ0) is 17.0. The third-order valence-corrected chi connectivity index (χ3v) is 3.43. The van der Waals surface area contributed by atoms with Crippen molar-refractivity contribution < 1.29 is 24.2 Å². The lowest BCUT2D eigenvalue weighted by atomic mass is 9.89. The fourth-order valence-corrected chi connectivity index (χ4v) is 2.36. The van der Waals surface area contributed by atoms with E-state index in [2.05, 4.69) is 23.8 Å². The van der Waals surface area contributed by atoms with Crippen molar-refractivity contribution in [2.45, 2.75) is 6.04 Å². The Balaban J connectivity index is 2.37. The molecule has 7 nitrogen and oxygen atoms in total. The van der Waals surface area contributed by atoms with Gasteiger partial charge in [0.05, 0.1) is 13.2 Å². The number of ether oxygens (including phenoxy) is 2. The van der Waals surface area contributed by atoms with Crippen molar-refractivity contribution >= 4 is 12.0 Å². The number of benzene rings is 1. The van der Waals surface area contributed by atoms with Crippen molar-refractivity contribution in [3.8, 4) is 11.5 Å². The van der Waals surface area contributed by atoms with Gasteiger partial charge in [-0.25, -0.2) is 4.79 Å². The number of phenolic OH excluding ortho intramolecular Hbond substituents is 1. The molecule has 0 aromatic heterocycles. The number of nitrogens with one attached hydrogen (secondary N) is 2. The van der Waals surface area contributed by atoms with Crippen molar-refractivity contribution in [3.63, 3.8) is 0 Å². The normalized spacial score (nSPS) is 20.2. The van der Waals surface area contributed by atoms with E-state index in [1.165, 1.54) is 19.3 Å². The first kappa shape index (κ1) is 16.4. The summed E-state index contributed by atoms with van der Waals surface area (Å²) in [5, 5.41) is 14.8. The van der Waals surface area contributed by atoms with E-state index in [1.807, 2.05) is 0 Å². The molecule has 2 rings (SSSR count). The lowest BCUT2D eigenvalue weighted by Crippen LogP contribution is -2.51. The van der Waals surface area contributed by atoms with Crippen LogP contribution in [0.15, 0.2) is 43.1 Å². The summed E-state index contributed by atoms with van der Waals surface area (Å²) in [6.07, 6.45) is 1.45. The molecular formula is C16H18N2O5. The molecule has 2 amide bonds. The number of carbonyl (C=O) groups is 2. The Hall–Kier alpha value is -2.96. The summed E-state index contributed by atoms with van der Waals surface area (Å²) in [4.78, 5) is 24.0.